The molecule has 5 nitrogen and oxygen atoms in total. The molecule has 0 fully saturated rings. The largest absolute Gasteiger partial charge is 0.368 e. The summed E-state index contributed by atoms with van der Waals surface area (Å²) in [6.45, 7) is 0. The van der Waals surface area contributed by atoms with Crippen molar-refractivity contribution in [2.45, 2.75) is 0 Å². The van der Waals surface area contributed by atoms with Gasteiger partial charge in [-0.15, -0.1) is 0 Å². The predicted molar refractivity (Wildman–Crippen MR) is 43.8 cm³/mol. The Hall–Kier alpha value is -2.04. The Morgan fingerprint density at radius 1 is 1.23 bits per heavy atom. The fraction of sp³-hybridized carbons (Fsp3) is 0. The molecule has 1 aliphatic rings. The van der Waals surface area contributed by atoms with Crippen LogP contribution in [0.2, 0.25) is 0 Å². The van der Waals surface area contributed by atoms with Crippen LogP contribution in [0.1, 0.15) is 0 Å². The van der Waals surface area contributed by atoms with Crippen LogP contribution < -0.4 is 10.7 Å². The van der Waals surface area contributed by atoms with Crippen LogP contribution >= 0.6 is 0 Å². The summed E-state index contributed by atoms with van der Waals surface area (Å²) in [5, 5.41) is 8.80. The highest BCUT2D eigenvalue weighted by atomic mass is 16.2. The number of aromatic amines is 1. The third kappa shape index (κ3) is 0.752. The lowest BCUT2D eigenvalue weighted by Gasteiger charge is -1.84. The van der Waals surface area contributed by atoms with Crippen LogP contribution in [0.4, 0.5) is 4.79 Å². The molecule has 0 spiro atoms. The number of hydrogen-bond acceptors (Lipinski definition) is 2. The van der Waals surface area contributed by atoms with Crippen molar-refractivity contribution in [3.8, 4) is 0 Å². The highest BCUT2D eigenvalue weighted by Crippen LogP contribution is 2.02. The van der Waals surface area contributed by atoms with E-state index in [9.17, 15) is 4.79 Å². The molecule has 1 aromatic heterocycles. The monoisotopic (exact) mass is 172 g/mol. The summed E-state index contributed by atoms with van der Waals surface area (Å²) in [4.78, 5) is 18.4. The molecule has 1 aromatic carbocycles. The maximum Gasteiger partial charge on any atom is 0.368 e. The lowest BCUT2D eigenvalue weighted by Crippen LogP contribution is -2.21. The van der Waals surface area contributed by atoms with Gasteiger partial charge in [0, 0.05) is 5.39 Å². The average molecular weight is 172 g/mol. The summed E-state index contributed by atoms with van der Waals surface area (Å²) in [6.07, 6.45) is 1.69. The van der Waals surface area contributed by atoms with Crippen LogP contribution in [-0.2, 0) is 0 Å². The van der Waals surface area contributed by atoms with E-state index in [0.29, 0.717) is 10.7 Å². The van der Waals surface area contributed by atoms with E-state index < -0.39 is 6.03 Å². The van der Waals surface area contributed by atoms with Gasteiger partial charge in [0.1, 0.15) is 5.36 Å². The number of benzene rings is 1. The first-order valence-electron chi connectivity index (χ1n) is 3.78. The molecule has 3 rings (SSSR count). The first-order chi connectivity index (χ1) is 6.34. The lowest BCUT2D eigenvalue weighted by molar-refractivity contribution is 0.257. The standard InChI is InChI=1S/C8H4N4O/c13-8-10-5-2-1-4-3-9-12-6(4)7(5)11-8/h1-3H,(H,9,12). The molecule has 0 saturated heterocycles. The minimum Gasteiger partial charge on any atom is -0.276 e. The molecular weight excluding hydrogens is 168 g/mol. The fourth-order valence-corrected chi connectivity index (χ4v) is 1.41. The van der Waals surface area contributed by atoms with Gasteiger partial charge < -0.3 is 0 Å². The molecule has 1 N–H and O–H groups in total. The second-order valence-corrected chi connectivity index (χ2v) is 2.77. The Morgan fingerprint density at radius 2 is 2.15 bits per heavy atom. The first-order valence-corrected chi connectivity index (χ1v) is 3.78. The molecule has 2 aromatic rings. The Balaban J connectivity index is 2.69. The van der Waals surface area contributed by atoms with Crippen LogP contribution in [-0.4, -0.2) is 16.2 Å². The summed E-state index contributed by atoms with van der Waals surface area (Å²) in [7, 11) is 0. The molecule has 5 heteroatoms. The number of carbonyl (C=O) groups excluding carboxylic acids is 1. The van der Waals surface area contributed by atoms with Gasteiger partial charge in [-0.05, 0) is 12.1 Å². The average Bonchev–Trinajstić information content (AvgIpc) is 2.65. The third-order valence-corrected chi connectivity index (χ3v) is 1.99. The third-order valence-electron chi connectivity index (χ3n) is 1.99. The second kappa shape index (κ2) is 2.01. The van der Waals surface area contributed by atoms with Crippen LogP contribution in [0, 0.1) is 0 Å². The van der Waals surface area contributed by atoms with Gasteiger partial charge in [-0.1, -0.05) is 0 Å². The van der Waals surface area contributed by atoms with E-state index in [1.165, 1.54) is 0 Å². The van der Waals surface area contributed by atoms with Gasteiger partial charge >= 0.3 is 6.03 Å². The van der Waals surface area contributed by atoms with Crippen LogP contribution in [0.3, 0.4) is 0 Å². The van der Waals surface area contributed by atoms with E-state index in [4.69, 9.17) is 0 Å². The van der Waals surface area contributed by atoms with E-state index in [1.54, 1.807) is 12.3 Å². The molecule has 0 bridgehead atoms. The van der Waals surface area contributed by atoms with Gasteiger partial charge in [0.2, 0.25) is 0 Å². The number of aromatic nitrogens is 2. The fourth-order valence-electron chi connectivity index (χ4n) is 1.41. The van der Waals surface area contributed by atoms with Crippen molar-refractivity contribution < 1.29 is 4.79 Å². The molecule has 0 radical (unpaired) electrons. The lowest BCUT2D eigenvalue weighted by atomic mass is 10.2. The molecule has 2 amide bonds. The maximum absolute atomic E-state index is 10.9. The molecule has 13 heavy (non-hydrogen) atoms. The molecule has 0 atom stereocenters. The molecule has 0 saturated carbocycles. The molecule has 2 heterocycles. The molecule has 0 aliphatic carbocycles. The number of fused-ring (bicyclic) bond motifs is 3. The minimum absolute atomic E-state index is 0.447. The highest BCUT2D eigenvalue weighted by Gasteiger charge is 2.08. The zero-order valence-corrected chi connectivity index (χ0v) is 6.48. The van der Waals surface area contributed by atoms with Gasteiger partial charge in [0.15, 0.2) is 0 Å². The quantitative estimate of drug-likeness (QED) is 0.604. The van der Waals surface area contributed by atoms with Crippen molar-refractivity contribution >= 4 is 16.9 Å². The zero-order valence-electron chi connectivity index (χ0n) is 6.48. The number of carbonyl (C=O) groups is 1. The summed E-state index contributed by atoms with van der Waals surface area (Å²) >= 11 is 0. The van der Waals surface area contributed by atoms with E-state index >= 15 is 0 Å². The molecule has 0 unspecified atom stereocenters. The van der Waals surface area contributed by atoms with Crippen molar-refractivity contribution in [1.29, 1.82) is 0 Å². The number of hydrogen-bond donors (Lipinski definition) is 1. The topological polar surface area (TPSA) is 70.5 Å². The highest BCUT2D eigenvalue weighted by molar-refractivity contribution is 5.83. The number of H-pyrrole nitrogens is 1. The van der Waals surface area contributed by atoms with Gasteiger partial charge in [0.05, 0.1) is 17.1 Å². The van der Waals surface area contributed by atoms with Crippen LogP contribution in [0.5, 0.6) is 0 Å². The van der Waals surface area contributed by atoms with Crippen molar-refractivity contribution in [2.75, 3.05) is 0 Å². The Labute approximate surface area is 71.8 Å². The number of urea groups is 1. The smallest absolute Gasteiger partial charge is 0.276 e. The van der Waals surface area contributed by atoms with Gasteiger partial charge in [-0.2, -0.15) is 15.1 Å². The van der Waals surface area contributed by atoms with Crippen molar-refractivity contribution in [1.82, 2.24) is 10.2 Å². The van der Waals surface area contributed by atoms with Gasteiger partial charge in [-0.25, -0.2) is 4.79 Å². The Kier molecular flexibility index (Phi) is 0.999. The predicted octanol–water partition coefficient (Wildman–Crippen LogP) is -0.0643. The van der Waals surface area contributed by atoms with Crippen molar-refractivity contribution in [3.63, 3.8) is 0 Å². The zero-order chi connectivity index (χ0) is 8.84. The second-order valence-electron chi connectivity index (χ2n) is 2.77. The molecule has 1 aliphatic heterocycles. The van der Waals surface area contributed by atoms with Crippen LogP contribution in [0.25, 0.3) is 10.9 Å². The SMILES string of the molecule is O=C1N=c2ccc3cn[nH]c3c2=N1. The Morgan fingerprint density at radius 3 is 3.08 bits per heavy atom. The normalized spacial score (nSPS) is 14.0. The summed E-state index contributed by atoms with van der Waals surface area (Å²) in [5.41, 5.74) is 0.770. The number of nitrogens with one attached hydrogen (secondary N) is 1. The van der Waals surface area contributed by atoms with Crippen molar-refractivity contribution in [3.05, 3.63) is 29.0 Å². The van der Waals surface area contributed by atoms with E-state index in [2.05, 4.69) is 20.2 Å². The van der Waals surface area contributed by atoms with Crippen LogP contribution in [0.15, 0.2) is 28.3 Å². The van der Waals surface area contributed by atoms with E-state index in [1.807, 2.05) is 6.07 Å². The number of nitrogens with zero attached hydrogens (tertiary/aromatic N) is 3. The minimum atomic E-state index is -0.447. The van der Waals surface area contributed by atoms with Gasteiger partial charge in [-0.3, -0.25) is 5.10 Å². The Bertz CT molecular complexity index is 625. The van der Waals surface area contributed by atoms with E-state index in [0.717, 1.165) is 10.9 Å². The van der Waals surface area contributed by atoms with E-state index in [-0.39, 0.29) is 0 Å². The summed E-state index contributed by atoms with van der Waals surface area (Å²) in [5.74, 6) is 0. The summed E-state index contributed by atoms with van der Waals surface area (Å²) in [6, 6.07) is 3.17. The molecule has 62 valence electrons. The first kappa shape index (κ1) is 6.47. The number of amides is 2. The van der Waals surface area contributed by atoms with Crippen molar-refractivity contribution in [2.24, 2.45) is 9.98 Å². The number of rotatable bonds is 0. The summed E-state index contributed by atoms with van der Waals surface area (Å²) < 4.78 is 0. The maximum atomic E-state index is 10.9. The molecular formula is C8H4N4O. The van der Waals surface area contributed by atoms with Gasteiger partial charge in [0.25, 0.3) is 0 Å².